The Morgan fingerprint density at radius 1 is 1.50 bits per heavy atom. The first-order valence-electron chi connectivity index (χ1n) is 7.98. The van der Waals surface area contributed by atoms with Crippen molar-refractivity contribution >= 4 is 22.8 Å². The zero-order chi connectivity index (χ0) is 16.9. The summed E-state index contributed by atoms with van der Waals surface area (Å²) in [7, 11) is 0. The van der Waals surface area contributed by atoms with Crippen molar-refractivity contribution in [1.82, 2.24) is 14.5 Å². The molecule has 1 saturated heterocycles. The molecule has 0 aromatic carbocycles. The maximum absolute atomic E-state index is 9.25. The number of hydrogen-bond acceptors (Lipinski definition) is 5. The first-order valence-corrected chi connectivity index (χ1v) is 8.79. The molecular formula is C18H21N3O2S. The van der Waals surface area contributed by atoms with Crippen LogP contribution >= 0.6 is 11.8 Å². The fraction of sp³-hybridized carbons (Fsp3) is 0.333. The van der Waals surface area contributed by atoms with Crippen molar-refractivity contribution in [1.29, 1.82) is 0 Å². The van der Waals surface area contributed by atoms with Crippen LogP contribution in [-0.2, 0) is 4.74 Å². The molecular weight excluding hydrogens is 322 g/mol. The van der Waals surface area contributed by atoms with Gasteiger partial charge in [-0.25, -0.2) is 9.97 Å². The SMILES string of the molecule is C=C/C=C(\C=C/C)Sc1ncnc2c1ccn2C1CCC(CO)O1. The normalized spacial score (nSPS) is 21.8. The van der Waals surface area contributed by atoms with Gasteiger partial charge in [0.2, 0.25) is 0 Å². The van der Waals surface area contributed by atoms with E-state index in [4.69, 9.17) is 4.74 Å². The largest absolute Gasteiger partial charge is 0.394 e. The van der Waals surface area contributed by atoms with Crippen LogP contribution in [0.25, 0.3) is 11.0 Å². The van der Waals surface area contributed by atoms with Crippen molar-refractivity contribution < 1.29 is 9.84 Å². The molecule has 0 saturated carbocycles. The highest BCUT2D eigenvalue weighted by Crippen LogP contribution is 2.35. The smallest absolute Gasteiger partial charge is 0.146 e. The number of aliphatic hydroxyl groups is 1. The monoisotopic (exact) mass is 343 g/mol. The molecule has 1 aliphatic heterocycles. The van der Waals surface area contributed by atoms with E-state index in [-0.39, 0.29) is 18.9 Å². The van der Waals surface area contributed by atoms with Gasteiger partial charge in [0, 0.05) is 11.1 Å². The molecule has 0 spiro atoms. The maximum atomic E-state index is 9.25. The van der Waals surface area contributed by atoms with Crippen molar-refractivity contribution in [2.45, 2.75) is 37.1 Å². The Bertz CT molecular complexity index is 782. The van der Waals surface area contributed by atoms with Gasteiger partial charge in [-0.2, -0.15) is 0 Å². The molecule has 0 amide bonds. The predicted octanol–water partition coefficient (Wildman–Crippen LogP) is 3.84. The van der Waals surface area contributed by atoms with Crippen LogP contribution in [0.5, 0.6) is 0 Å². The van der Waals surface area contributed by atoms with E-state index in [9.17, 15) is 5.11 Å². The van der Waals surface area contributed by atoms with Gasteiger partial charge in [-0.05, 0) is 31.9 Å². The van der Waals surface area contributed by atoms with E-state index in [1.54, 1.807) is 24.2 Å². The molecule has 2 aromatic rings. The van der Waals surface area contributed by atoms with Gasteiger partial charge in [0.25, 0.3) is 0 Å². The second-order valence-electron chi connectivity index (χ2n) is 5.52. The van der Waals surface area contributed by atoms with E-state index >= 15 is 0 Å². The Labute approximate surface area is 145 Å². The van der Waals surface area contributed by atoms with Crippen LogP contribution in [0.3, 0.4) is 0 Å². The summed E-state index contributed by atoms with van der Waals surface area (Å²) in [4.78, 5) is 9.93. The summed E-state index contributed by atoms with van der Waals surface area (Å²) in [6.07, 6.45) is 12.9. The number of ether oxygens (including phenoxy) is 1. The molecule has 0 bridgehead atoms. The van der Waals surface area contributed by atoms with E-state index in [0.717, 1.165) is 33.8 Å². The second kappa shape index (κ2) is 7.79. The van der Waals surface area contributed by atoms with E-state index in [1.165, 1.54) is 0 Å². The van der Waals surface area contributed by atoms with E-state index in [2.05, 4.69) is 16.5 Å². The fourth-order valence-electron chi connectivity index (χ4n) is 2.80. The minimum atomic E-state index is -0.0834. The van der Waals surface area contributed by atoms with Gasteiger partial charge in [0.05, 0.1) is 18.1 Å². The molecule has 1 aliphatic rings. The number of hydrogen-bond donors (Lipinski definition) is 1. The topological polar surface area (TPSA) is 60.2 Å². The first-order chi connectivity index (χ1) is 11.8. The number of allylic oxidation sites excluding steroid dienone is 4. The van der Waals surface area contributed by atoms with Crippen molar-refractivity contribution in [3.63, 3.8) is 0 Å². The molecule has 2 aromatic heterocycles. The van der Waals surface area contributed by atoms with Crippen molar-refractivity contribution in [3.05, 3.63) is 54.4 Å². The standard InChI is InChI=1S/C18H21N3O2S/c1-3-5-14(6-4-2)24-18-15-9-10-21(17(15)19-12-20-18)16-8-7-13(11-22)23-16/h3-6,9-10,12-13,16,22H,1,7-8,11H2,2H3/b6-4-,14-5+. The lowest BCUT2D eigenvalue weighted by Gasteiger charge is -2.14. The fourth-order valence-corrected chi connectivity index (χ4v) is 3.76. The van der Waals surface area contributed by atoms with Gasteiger partial charge in [0.1, 0.15) is 23.2 Å². The van der Waals surface area contributed by atoms with Crippen LogP contribution in [0.1, 0.15) is 26.0 Å². The summed E-state index contributed by atoms with van der Waals surface area (Å²) in [5.41, 5.74) is 0.856. The van der Waals surface area contributed by atoms with Crippen molar-refractivity contribution in [3.8, 4) is 0 Å². The lowest BCUT2D eigenvalue weighted by atomic mass is 10.2. The Kier molecular flexibility index (Phi) is 5.50. The van der Waals surface area contributed by atoms with Gasteiger partial charge in [-0.1, -0.05) is 36.6 Å². The van der Waals surface area contributed by atoms with Gasteiger partial charge < -0.3 is 14.4 Å². The van der Waals surface area contributed by atoms with E-state index in [1.807, 2.05) is 42.0 Å². The highest BCUT2D eigenvalue weighted by Gasteiger charge is 2.27. The molecule has 0 aliphatic carbocycles. The Morgan fingerprint density at radius 2 is 2.38 bits per heavy atom. The van der Waals surface area contributed by atoms with E-state index < -0.39 is 0 Å². The van der Waals surface area contributed by atoms with Gasteiger partial charge in [-0.15, -0.1) is 0 Å². The Morgan fingerprint density at radius 3 is 3.08 bits per heavy atom. The molecule has 0 radical (unpaired) electrons. The molecule has 24 heavy (non-hydrogen) atoms. The van der Waals surface area contributed by atoms with Crippen LogP contribution in [0.2, 0.25) is 0 Å². The number of rotatable bonds is 6. The van der Waals surface area contributed by atoms with Crippen LogP contribution in [0.4, 0.5) is 0 Å². The number of aromatic nitrogens is 3. The number of fused-ring (bicyclic) bond motifs is 1. The quantitative estimate of drug-likeness (QED) is 0.490. The summed E-state index contributed by atoms with van der Waals surface area (Å²) in [6, 6.07) is 2.02. The summed E-state index contributed by atoms with van der Waals surface area (Å²) in [5.74, 6) is 0. The third-order valence-corrected chi connectivity index (χ3v) is 4.93. The molecule has 3 rings (SSSR count). The molecule has 5 nitrogen and oxygen atoms in total. The number of thioether (sulfide) groups is 1. The summed E-state index contributed by atoms with van der Waals surface area (Å²) in [6.45, 7) is 5.81. The molecule has 2 atom stereocenters. The second-order valence-corrected chi connectivity index (χ2v) is 6.58. The maximum Gasteiger partial charge on any atom is 0.146 e. The minimum Gasteiger partial charge on any atom is -0.394 e. The van der Waals surface area contributed by atoms with Crippen LogP contribution in [-0.4, -0.2) is 32.4 Å². The zero-order valence-corrected chi connectivity index (χ0v) is 14.4. The average molecular weight is 343 g/mol. The van der Waals surface area contributed by atoms with Gasteiger partial charge >= 0.3 is 0 Å². The summed E-state index contributed by atoms with van der Waals surface area (Å²) < 4.78 is 7.90. The van der Waals surface area contributed by atoms with Crippen LogP contribution < -0.4 is 0 Å². The third-order valence-electron chi connectivity index (χ3n) is 3.90. The van der Waals surface area contributed by atoms with Crippen molar-refractivity contribution in [2.75, 3.05) is 6.61 Å². The molecule has 6 heteroatoms. The third kappa shape index (κ3) is 3.45. The minimum absolute atomic E-state index is 0.0604. The summed E-state index contributed by atoms with van der Waals surface area (Å²) >= 11 is 1.59. The number of nitrogens with zero attached hydrogens (tertiary/aromatic N) is 3. The molecule has 126 valence electrons. The lowest BCUT2D eigenvalue weighted by Crippen LogP contribution is -2.14. The summed E-state index contributed by atoms with van der Waals surface area (Å²) in [5, 5.41) is 11.2. The molecule has 1 fully saturated rings. The molecule has 1 N–H and O–H groups in total. The average Bonchev–Trinajstić information content (AvgIpc) is 3.22. The van der Waals surface area contributed by atoms with Gasteiger partial charge in [0.15, 0.2) is 0 Å². The van der Waals surface area contributed by atoms with Crippen molar-refractivity contribution in [2.24, 2.45) is 0 Å². The Balaban J connectivity index is 1.92. The Hall–Kier alpha value is -1.89. The van der Waals surface area contributed by atoms with Crippen LogP contribution in [0.15, 0.2) is 59.4 Å². The molecule has 2 unspecified atom stereocenters. The zero-order valence-electron chi connectivity index (χ0n) is 13.6. The van der Waals surface area contributed by atoms with E-state index in [0.29, 0.717) is 0 Å². The highest BCUT2D eigenvalue weighted by atomic mass is 32.2. The highest BCUT2D eigenvalue weighted by molar-refractivity contribution is 8.03. The van der Waals surface area contributed by atoms with Crippen LogP contribution in [0, 0.1) is 0 Å². The number of aliphatic hydroxyl groups excluding tert-OH is 1. The molecule has 3 heterocycles. The predicted molar refractivity (Wildman–Crippen MR) is 96.7 cm³/mol. The van der Waals surface area contributed by atoms with Gasteiger partial charge in [-0.3, -0.25) is 0 Å². The lowest BCUT2D eigenvalue weighted by molar-refractivity contribution is -0.0204. The first kappa shape index (κ1) is 17.0.